The molecule has 102 valence electrons. The summed E-state index contributed by atoms with van der Waals surface area (Å²) in [6.45, 7) is 9.19. The molecule has 0 saturated heterocycles. The fourth-order valence-electron chi connectivity index (χ4n) is 1.80. The van der Waals surface area contributed by atoms with Gasteiger partial charge in [0.2, 0.25) is 0 Å². The van der Waals surface area contributed by atoms with Crippen LogP contribution >= 0.6 is 0 Å². The van der Waals surface area contributed by atoms with Crippen LogP contribution in [0.5, 0.6) is 5.75 Å². The van der Waals surface area contributed by atoms with E-state index in [-0.39, 0.29) is 0 Å². The molecule has 1 aromatic rings. The number of rotatable bonds is 9. The van der Waals surface area contributed by atoms with Crippen LogP contribution in [0.25, 0.3) is 0 Å². The van der Waals surface area contributed by atoms with Gasteiger partial charge >= 0.3 is 0 Å². The summed E-state index contributed by atoms with van der Waals surface area (Å²) in [5.41, 5.74) is 1.37. The van der Waals surface area contributed by atoms with Crippen molar-refractivity contribution in [1.29, 1.82) is 0 Å². The highest BCUT2D eigenvalue weighted by atomic mass is 16.5. The van der Waals surface area contributed by atoms with Crippen molar-refractivity contribution in [3.05, 3.63) is 29.8 Å². The molecule has 0 atom stereocenters. The van der Waals surface area contributed by atoms with Crippen molar-refractivity contribution in [2.75, 3.05) is 39.8 Å². The highest BCUT2D eigenvalue weighted by Crippen LogP contribution is 2.12. The summed E-state index contributed by atoms with van der Waals surface area (Å²) < 4.78 is 5.43. The lowest BCUT2D eigenvalue weighted by atomic mass is 10.1. The van der Waals surface area contributed by atoms with Crippen molar-refractivity contribution in [1.82, 2.24) is 10.2 Å². The average molecular weight is 250 g/mol. The van der Waals surface area contributed by atoms with Crippen molar-refractivity contribution in [2.24, 2.45) is 0 Å². The standard InChI is InChI=1S/C15H26N2O/c1-4-16-11-13-17(3)12-10-14-6-8-15(9-7-14)18-5-2/h6-9,16H,4-5,10-13H2,1-3H3. The fourth-order valence-corrected chi connectivity index (χ4v) is 1.80. The van der Waals surface area contributed by atoms with Gasteiger partial charge < -0.3 is 15.0 Å². The lowest BCUT2D eigenvalue weighted by Crippen LogP contribution is -2.30. The maximum atomic E-state index is 5.43. The zero-order valence-electron chi connectivity index (χ0n) is 11.9. The van der Waals surface area contributed by atoms with Gasteiger partial charge in [0.15, 0.2) is 0 Å². The zero-order chi connectivity index (χ0) is 13.2. The summed E-state index contributed by atoms with van der Waals surface area (Å²) in [6, 6.07) is 8.42. The summed E-state index contributed by atoms with van der Waals surface area (Å²) >= 11 is 0. The number of hydrogen-bond donors (Lipinski definition) is 1. The maximum absolute atomic E-state index is 5.43. The van der Waals surface area contributed by atoms with E-state index in [0.717, 1.165) is 45.0 Å². The van der Waals surface area contributed by atoms with Crippen molar-refractivity contribution >= 4 is 0 Å². The summed E-state index contributed by atoms with van der Waals surface area (Å²) in [5, 5.41) is 3.34. The number of nitrogens with zero attached hydrogens (tertiary/aromatic N) is 1. The number of hydrogen-bond acceptors (Lipinski definition) is 3. The fraction of sp³-hybridized carbons (Fsp3) is 0.600. The molecule has 0 aliphatic carbocycles. The van der Waals surface area contributed by atoms with Crippen molar-refractivity contribution in [3.8, 4) is 5.75 Å². The van der Waals surface area contributed by atoms with E-state index < -0.39 is 0 Å². The van der Waals surface area contributed by atoms with Gasteiger partial charge in [-0.1, -0.05) is 19.1 Å². The third kappa shape index (κ3) is 6.03. The highest BCUT2D eigenvalue weighted by molar-refractivity contribution is 5.27. The maximum Gasteiger partial charge on any atom is 0.119 e. The van der Waals surface area contributed by atoms with E-state index in [0.29, 0.717) is 0 Å². The molecule has 0 aliphatic heterocycles. The van der Waals surface area contributed by atoms with Crippen LogP contribution in [0.1, 0.15) is 19.4 Å². The summed E-state index contributed by atoms with van der Waals surface area (Å²) in [7, 11) is 2.17. The minimum atomic E-state index is 0.729. The van der Waals surface area contributed by atoms with Gasteiger partial charge in [-0.2, -0.15) is 0 Å². The molecule has 0 bridgehead atoms. The first-order valence-corrected chi connectivity index (χ1v) is 6.87. The van der Waals surface area contributed by atoms with Gasteiger partial charge in [-0.05, 0) is 44.6 Å². The van der Waals surface area contributed by atoms with E-state index in [2.05, 4.69) is 48.5 Å². The van der Waals surface area contributed by atoms with E-state index in [1.54, 1.807) is 0 Å². The molecule has 3 nitrogen and oxygen atoms in total. The third-order valence-corrected chi connectivity index (χ3v) is 2.94. The summed E-state index contributed by atoms with van der Waals surface area (Å²) in [6.07, 6.45) is 1.09. The Hall–Kier alpha value is -1.06. The van der Waals surface area contributed by atoms with Crippen LogP contribution in [0.4, 0.5) is 0 Å². The van der Waals surface area contributed by atoms with E-state index in [4.69, 9.17) is 4.74 Å². The Morgan fingerprint density at radius 2 is 1.83 bits per heavy atom. The second-order valence-corrected chi connectivity index (χ2v) is 4.48. The van der Waals surface area contributed by atoms with Gasteiger partial charge in [0.1, 0.15) is 5.75 Å². The first-order chi connectivity index (χ1) is 8.76. The van der Waals surface area contributed by atoms with Gasteiger partial charge in [-0.3, -0.25) is 0 Å². The summed E-state index contributed by atoms with van der Waals surface area (Å²) in [5.74, 6) is 0.960. The SMILES string of the molecule is CCNCCN(C)CCc1ccc(OCC)cc1. The van der Waals surface area contributed by atoms with Gasteiger partial charge in [0.25, 0.3) is 0 Å². The monoisotopic (exact) mass is 250 g/mol. The Balaban J connectivity index is 2.25. The minimum absolute atomic E-state index is 0.729. The lowest BCUT2D eigenvalue weighted by molar-refractivity contribution is 0.335. The second-order valence-electron chi connectivity index (χ2n) is 4.48. The first kappa shape index (κ1) is 15.0. The zero-order valence-corrected chi connectivity index (χ0v) is 11.9. The van der Waals surface area contributed by atoms with Crippen LogP contribution < -0.4 is 10.1 Å². The van der Waals surface area contributed by atoms with E-state index >= 15 is 0 Å². The number of benzene rings is 1. The van der Waals surface area contributed by atoms with Crippen molar-refractivity contribution in [2.45, 2.75) is 20.3 Å². The molecule has 18 heavy (non-hydrogen) atoms. The highest BCUT2D eigenvalue weighted by Gasteiger charge is 1.99. The number of likely N-dealkylation sites (N-methyl/N-ethyl adjacent to an activating group) is 2. The number of ether oxygens (including phenoxy) is 1. The van der Waals surface area contributed by atoms with Gasteiger partial charge in [-0.25, -0.2) is 0 Å². The number of nitrogens with one attached hydrogen (secondary N) is 1. The van der Waals surface area contributed by atoms with Crippen LogP contribution in [0.2, 0.25) is 0 Å². The molecule has 0 aliphatic rings. The molecule has 0 unspecified atom stereocenters. The Morgan fingerprint density at radius 3 is 2.44 bits per heavy atom. The Bertz CT molecular complexity index is 311. The van der Waals surface area contributed by atoms with Gasteiger partial charge in [0.05, 0.1) is 6.61 Å². The molecular weight excluding hydrogens is 224 g/mol. The van der Waals surface area contributed by atoms with E-state index in [9.17, 15) is 0 Å². The molecule has 1 aromatic carbocycles. The molecule has 0 radical (unpaired) electrons. The quantitative estimate of drug-likeness (QED) is 0.680. The molecule has 0 aromatic heterocycles. The van der Waals surface area contributed by atoms with Gasteiger partial charge in [-0.15, -0.1) is 0 Å². The lowest BCUT2D eigenvalue weighted by Gasteiger charge is -2.16. The minimum Gasteiger partial charge on any atom is -0.494 e. The largest absolute Gasteiger partial charge is 0.494 e. The molecule has 0 heterocycles. The van der Waals surface area contributed by atoms with Crippen molar-refractivity contribution in [3.63, 3.8) is 0 Å². The Kier molecular flexibility index (Phi) is 7.46. The van der Waals surface area contributed by atoms with Crippen LogP contribution in [-0.4, -0.2) is 44.7 Å². The van der Waals surface area contributed by atoms with Gasteiger partial charge in [0, 0.05) is 19.6 Å². The second kappa shape index (κ2) is 8.95. The molecule has 1 rings (SSSR count). The van der Waals surface area contributed by atoms with Crippen LogP contribution in [0.15, 0.2) is 24.3 Å². The normalized spacial score (nSPS) is 10.9. The Morgan fingerprint density at radius 1 is 1.11 bits per heavy atom. The third-order valence-electron chi connectivity index (χ3n) is 2.94. The van der Waals surface area contributed by atoms with Crippen LogP contribution in [0.3, 0.4) is 0 Å². The van der Waals surface area contributed by atoms with E-state index in [1.165, 1.54) is 5.56 Å². The van der Waals surface area contributed by atoms with Crippen molar-refractivity contribution < 1.29 is 4.74 Å². The van der Waals surface area contributed by atoms with E-state index in [1.807, 2.05) is 6.92 Å². The average Bonchev–Trinajstić information content (AvgIpc) is 2.39. The first-order valence-electron chi connectivity index (χ1n) is 6.87. The molecule has 0 amide bonds. The Labute approximate surface area is 111 Å². The van der Waals surface area contributed by atoms with Crippen LogP contribution in [0, 0.1) is 0 Å². The smallest absolute Gasteiger partial charge is 0.119 e. The molecule has 3 heteroatoms. The topological polar surface area (TPSA) is 24.5 Å². The molecule has 0 fully saturated rings. The van der Waals surface area contributed by atoms with Crippen LogP contribution in [-0.2, 0) is 6.42 Å². The predicted molar refractivity (Wildman–Crippen MR) is 77.4 cm³/mol. The molecule has 0 saturated carbocycles. The predicted octanol–water partition coefficient (Wildman–Crippen LogP) is 2.17. The summed E-state index contributed by atoms with van der Waals surface area (Å²) in [4.78, 5) is 2.36. The molecule has 1 N–H and O–H groups in total. The molecular formula is C15H26N2O. The molecule has 0 spiro atoms.